The van der Waals surface area contributed by atoms with Gasteiger partial charge in [-0.05, 0) is 31.2 Å². The van der Waals surface area contributed by atoms with Gasteiger partial charge in [0, 0.05) is 17.5 Å². The van der Waals surface area contributed by atoms with Crippen molar-refractivity contribution in [3.8, 4) is 5.75 Å². The van der Waals surface area contributed by atoms with Gasteiger partial charge in [0.1, 0.15) is 5.75 Å². The van der Waals surface area contributed by atoms with Gasteiger partial charge in [0.15, 0.2) is 0 Å². The van der Waals surface area contributed by atoms with Crippen molar-refractivity contribution in [3.63, 3.8) is 0 Å². The number of rotatable bonds is 4. The first-order valence-corrected chi connectivity index (χ1v) is 5.15. The van der Waals surface area contributed by atoms with Crippen molar-refractivity contribution in [2.75, 3.05) is 0 Å². The summed E-state index contributed by atoms with van der Waals surface area (Å²) < 4.78 is 10.3. The number of carbonyl (C=O) groups excluding carboxylic acids is 1. The molecule has 4 heteroatoms. The molecule has 0 N–H and O–H groups in total. The maximum Gasteiger partial charge on any atom is 0.336 e. The Morgan fingerprint density at radius 3 is 2.44 bits per heavy atom. The van der Waals surface area contributed by atoms with Gasteiger partial charge in [-0.25, -0.2) is 4.79 Å². The summed E-state index contributed by atoms with van der Waals surface area (Å²) in [6.45, 7) is 6.69. The highest BCUT2D eigenvalue weighted by atomic mass is 35.5. The molecule has 1 atom stereocenters. The highest BCUT2D eigenvalue weighted by Crippen LogP contribution is 2.17. The molecule has 0 spiro atoms. The van der Waals surface area contributed by atoms with Gasteiger partial charge in [0.25, 0.3) is 0 Å². The highest BCUT2D eigenvalue weighted by molar-refractivity contribution is 6.30. The van der Waals surface area contributed by atoms with Crippen LogP contribution in [0.25, 0.3) is 0 Å². The first kappa shape index (κ1) is 12.6. The maximum absolute atomic E-state index is 11.2. The number of ether oxygens (including phenoxy) is 2. The molecular weight excluding hydrogens is 228 g/mol. The van der Waals surface area contributed by atoms with Gasteiger partial charge in [-0.15, -0.1) is 0 Å². The Morgan fingerprint density at radius 1 is 1.38 bits per heavy atom. The number of hydrogen-bond acceptors (Lipinski definition) is 3. The van der Waals surface area contributed by atoms with Crippen molar-refractivity contribution in [2.24, 2.45) is 0 Å². The molecule has 1 aromatic carbocycles. The molecule has 0 saturated heterocycles. The predicted octanol–water partition coefficient (Wildman–Crippen LogP) is 3.18. The van der Waals surface area contributed by atoms with E-state index in [1.807, 2.05) is 0 Å². The Kier molecular flexibility index (Phi) is 4.38. The summed E-state index contributed by atoms with van der Waals surface area (Å²) in [5.41, 5.74) is 0.339. The minimum Gasteiger partial charge on any atom is -0.455 e. The lowest BCUT2D eigenvalue weighted by Gasteiger charge is -2.15. The summed E-state index contributed by atoms with van der Waals surface area (Å²) >= 11 is 5.72. The molecule has 86 valence electrons. The normalized spacial score (nSPS) is 11.7. The van der Waals surface area contributed by atoms with E-state index in [0.717, 1.165) is 0 Å². The van der Waals surface area contributed by atoms with Gasteiger partial charge in [-0.1, -0.05) is 18.2 Å². The zero-order chi connectivity index (χ0) is 12.1. The molecule has 0 aliphatic heterocycles. The summed E-state index contributed by atoms with van der Waals surface area (Å²) in [6.07, 6.45) is -0.662. The Balaban J connectivity index is 2.51. The van der Waals surface area contributed by atoms with E-state index in [1.54, 1.807) is 38.1 Å². The fraction of sp³-hybridized carbons (Fsp3) is 0.250. The summed E-state index contributed by atoms with van der Waals surface area (Å²) in [5, 5.41) is 0.624. The third kappa shape index (κ3) is 3.95. The fourth-order valence-electron chi connectivity index (χ4n) is 0.980. The maximum atomic E-state index is 11.2. The minimum absolute atomic E-state index is 0.339. The van der Waals surface area contributed by atoms with Crippen molar-refractivity contribution < 1.29 is 14.3 Å². The van der Waals surface area contributed by atoms with Crippen LogP contribution in [0.5, 0.6) is 5.75 Å². The lowest BCUT2D eigenvalue weighted by molar-refractivity contribution is -0.156. The molecule has 0 saturated carbocycles. The molecular formula is C12H13ClO3. The van der Waals surface area contributed by atoms with E-state index in [1.165, 1.54) is 0 Å². The smallest absolute Gasteiger partial charge is 0.336 e. The number of benzene rings is 1. The third-order valence-electron chi connectivity index (χ3n) is 1.74. The predicted molar refractivity (Wildman–Crippen MR) is 62.4 cm³/mol. The Labute approximate surface area is 99.6 Å². The van der Waals surface area contributed by atoms with E-state index in [4.69, 9.17) is 21.1 Å². The highest BCUT2D eigenvalue weighted by Gasteiger charge is 2.10. The van der Waals surface area contributed by atoms with Crippen LogP contribution in [0.1, 0.15) is 13.8 Å². The lowest BCUT2D eigenvalue weighted by Crippen LogP contribution is -2.21. The molecule has 1 aromatic rings. The average Bonchev–Trinajstić information content (AvgIpc) is 2.21. The molecule has 0 aliphatic rings. The monoisotopic (exact) mass is 240 g/mol. The Hall–Kier alpha value is -1.48. The molecule has 0 radical (unpaired) electrons. The van der Waals surface area contributed by atoms with Crippen LogP contribution in [0.2, 0.25) is 5.02 Å². The van der Waals surface area contributed by atoms with E-state index in [2.05, 4.69) is 6.58 Å². The molecule has 1 rings (SSSR count). The van der Waals surface area contributed by atoms with Gasteiger partial charge in [0.2, 0.25) is 6.29 Å². The second-order valence-electron chi connectivity index (χ2n) is 3.33. The zero-order valence-electron chi connectivity index (χ0n) is 9.20. The number of carbonyl (C=O) groups is 1. The van der Waals surface area contributed by atoms with Crippen molar-refractivity contribution in [1.82, 2.24) is 0 Å². The van der Waals surface area contributed by atoms with Crippen LogP contribution < -0.4 is 4.74 Å². The van der Waals surface area contributed by atoms with Gasteiger partial charge in [-0.3, -0.25) is 0 Å². The van der Waals surface area contributed by atoms with Crippen LogP contribution in [-0.4, -0.2) is 12.3 Å². The van der Waals surface area contributed by atoms with E-state index >= 15 is 0 Å². The first-order chi connectivity index (χ1) is 7.49. The molecule has 0 bridgehead atoms. The topological polar surface area (TPSA) is 35.5 Å². The second-order valence-corrected chi connectivity index (χ2v) is 3.76. The molecule has 3 nitrogen and oxygen atoms in total. The van der Waals surface area contributed by atoms with E-state index in [0.29, 0.717) is 16.3 Å². The van der Waals surface area contributed by atoms with Gasteiger partial charge < -0.3 is 9.47 Å². The molecule has 0 fully saturated rings. The van der Waals surface area contributed by atoms with Crippen LogP contribution >= 0.6 is 11.6 Å². The van der Waals surface area contributed by atoms with Crippen LogP contribution in [0.4, 0.5) is 0 Å². The zero-order valence-corrected chi connectivity index (χ0v) is 9.95. The summed E-state index contributed by atoms with van der Waals surface area (Å²) in [7, 11) is 0. The number of halogens is 1. The molecule has 0 aliphatic carbocycles. The SMILES string of the molecule is C=C(C)C(=O)OC(C)Oc1ccc(Cl)cc1. The second kappa shape index (κ2) is 5.56. The van der Waals surface area contributed by atoms with Crippen molar-refractivity contribution in [2.45, 2.75) is 20.1 Å². The number of esters is 1. The standard InChI is InChI=1S/C12H13ClO3/c1-8(2)12(14)16-9(3)15-11-6-4-10(13)5-7-11/h4-7,9H,1H2,2-3H3. The van der Waals surface area contributed by atoms with Crippen LogP contribution in [0.3, 0.4) is 0 Å². The van der Waals surface area contributed by atoms with E-state index in [-0.39, 0.29) is 0 Å². The van der Waals surface area contributed by atoms with Crippen LogP contribution in [0.15, 0.2) is 36.4 Å². The largest absolute Gasteiger partial charge is 0.455 e. The lowest BCUT2D eigenvalue weighted by atomic mass is 10.3. The van der Waals surface area contributed by atoms with Crippen molar-refractivity contribution in [3.05, 3.63) is 41.4 Å². The molecule has 0 aromatic heterocycles. The number of hydrogen-bond donors (Lipinski definition) is 0. The first-order valence-electron chi connectivity index (χ1n) is 4.78. The van der Waals surface area contributed by atoms with Crippen molar-refractivity contribution >= 4 is 17.6 Å². The van der Waals surface area contributed by atoms with Crippen molar-refractivity contribution in [1.29, 1.82) is 0 Å². The Bertz CT molecular complexity index is 384. The Morgan fingerprint density at radius 2 is 1.94 bits per heavy atom. The summed E-state index contributed by atoms with van der Waals surface area (Å²) in [4.78, 5) is 11.2. The van der Waals surface area contributed by atoms with Gasteiger partial charge in [0.05, 0.1) is 0 Å². The third-order valence-corrected chi connectivity index (χ3v) is 1.99. The van der Waals surface area contributed by atoms with Crippen LogP contribution in [-0.2, 0) is 9.53 Å². The quantitative estimate of drug-likeness (QED) is 0.461. The molecule has 0 amide bonds. The van der Waals surface area contributed by atoms with E-state index < -0.39 is 12.3 Å². The van der Waals surface area contributed by atoms with Gasteiger partial charge in [-0.2, -0.15) is 0 Å². The molecule has 1 unspecified atom stereocenters. The van der Waals surface area contributed by atoms with Crippen LogP contribution in [0, 0.1) is 0 Å². The summed E-state index contributed by atoms with van der Waals surface area (Å²) in [5.74, 6) is 0.118. The average molecular weight is 241 g/mol. The summed E-state index contributed by atoms with van der Waals surface area (Å²) in [6, 6.07) is 6.80. The van der Waals surface area contributed by atoms with E-state index in [9.17, 15) is 4.79 Å². The fourth-order valence-corrected chi connectivity index (χ4v) is 1.11. The molecule has 16 heavy (non-hydrogen) atoms. The minimum atomic E-state index is -0.662. The molecule has 0 heterocycles. The van der Waals surface area contributed by atoms with Gasteiger partial charge >= 0.3 is 5.97 Å².